The fraction of sp³-hybridized carbons (Fsp3) is 0.545. The molecule has 0 aliphatic heterocycles. The molecule has 0 aliphatic carbocycles. The Bertz CT molecular complexity index is 225. The second kappa shape index (κ2) is 9.27. The molecule has 0 fully saturated rings. The zero-order valence-electron chi connectivity index (χ0n) is 9.51. The largest absolute Gasteiger partial charge is 0.385 e. The first kappa shape index (κ1) is 13.7. The van der Waals surface area contributed by atoms with Crippen molar-refractivity contribution in [1.82, 2.24) is 10.6 Å². The summed E-state index contributed by atoms with van der Waals surface area (Å²) in [6.45, 7) is 8.03. The van der Waals surface area contributed by atoms with Crippen molar-refractivity contribution >= 4 is 5.91 Å². The molecule has 0 heterocycles. The van der Waals surface area contributed by atoms with Crippen LogP contribution in [0.1, 0.15) is 13.3 Å². The van der Waals surface area contributed by atoms with Gasteiger partial charge in [0.1, 0.15) is 0 Å². The first-order valence-electron chi connectivity index (χ1n) is 5.11. The Morgan fingerprint density at radius 2 is 2.20 bits per heavy atom. The van der Waals surface area contributed by atoms with Gasteiger partial charge in [0.15, 0.2) is 0 Å². The van der Waals surface area contributed by atoms with E-state index in [0.29, 0.717) is 0 Å². The number of hydrogen-bond acceptors (Lipinski definition) is 3. The average molecular weight is 212 g/mol. The monoisotopic (exact) mass is 212 g/mol. The molecule has 0 saturated carbocycles. The number of allylic oxidation sites excluding steroid dienone is 1. The number of ether oxygens (including phenoxy) is 1. The predicted molar refractivity (Wildman–Crippen MR) is 61.5 cm³/mol. The van der Waals surface area contributed by atoms with Crippen molar-refractivity contribution < 1.29 is 9.53 Å². The third-order valence-corrected chi connectivity index (χ3v) is 1.70. The van der Waals surface area contributed by atoms with Crippen LogP contribution in [0.25, 0.3) is 0 Å². The highest BCUT2D eigenvalue weighted by Gasteiger charge is 1.91. The first-order valence-corrected chi connectivity index (χ1v) is 5.11. The standard InChI is InChI=1S/C11H20N2O2/c1-4-15-9-5-8-13-10(2)6-7-11(14)12-3/h6-7,13H,2,4-5,8-9H2,1,3H3,(H,12,14)/b7-6+. The van der Waals surface area contributed by atoms with Gasteiger partial charge in [0.25, 0.3) is 0 Å². The topological polar surface area (TPSA) is 50.4 Å². The van der Waals surface area contributed by atoms with Crippen LogP contribution in [0, 0.1) is 0 Å². The van der Waals surface area contributed by atoms with E-state index in [1.165, 1.54) is 6.08 Å². The van der Waals surface area contributed by atoms with Crippen molar-refractivity contribution in [2.75, 3.05) is 26.8 Å². The lowest BCUT2D eigenvalue weighted by Gasteiger charge is -2.05. The molecule has 1 amide bonds. The number of likely N-dealkylation sites (N-methyl/N-ethyl adjacent to an activating group) is 1. The summed E-state index contributed by atoms with van der Waals surface area (Å²) in [7, 11) is 1.59. The lowest BCUT2D eigenvalue weighted by atomic mass is 10.3. The van der Waals surface area contributed by atoms with E-state index in [9.17, 15) is 4.79 Å². The Balaban J connectivity index is 3.49. The van der Waals surface area contributed by atoms with Gasteiger partial charge < -0.3 is 15.4 Å². The third kappa shape index (κ3) is 9.02. The Labute approximate surface area is 91.4 Å². The van der Waals surface area contributed by atoms with Gasteiger partial charge in [-0.15, -0.1) is 0 Å². The van der Waals surface area contributed by atoms with Gasteiger partial charge in [-0.1, -0.05) is 6.58 Å². The van der Waals surface area contributed by atoms with E-state index in [4.69, 9.17) is 4.74 Å². The smallest absolute Gasteiger partial charge is 0.243 e. The maximum atomic E-state index is 10.8. The molecule has 0 rings (SSSR count). The van der Waals surface area contributed by atoms with Gasteiger partial charge in [-0.2, -0.15) is 0 Å². The first-order chi connectivity index (χ1) is 7.20. The van der Waals surface area contributed by atoms with Crippen LogP contribution in [0.5, 0.6) is 0 Å². The number of carbonyl (C=O) groups is 1. The van der Waals surface area contributed by atoms with Gasteiger partial charge in [-0.05, 0) is 19.4 Å². The second-order valence-corrected chi connectivity index (χ2v) is 2.95. The molecule has 4 heteroatoms. The minimum absolute atomic E-state index is 0.132. The molecule has 0 spiro atoms. The van der Waals surface area contributed by atoms with Crippen molar-refractivity contribution in [2.24, 2.45) is 0 Å². The summed E-state index contributed by atoms with van der Waals surface area (Å²) in [5.41, 5.74) is 0.732. The van der Waals surface area contributed by atoms with Crippen LogP contribution in [-0.4, -0.2) is 32.7 Å². The van der Waals surface area contributed by atoms with Crippen molar-refractivity contribution in [3.05, 3.63) is 24.4 Å². The van der Waals surface area contributed by atoms with E-state index in [2.05, 4.69) is 17.2 Å². The Morgan fingerprint density at radius 1 is 1.47 bits per heavy atom. The molecule has 0 unspecified atom stereocenters. The van der Waals surface area contributed by atoms with Crippen LogP contribution in [0.2, 0.25) is 0 Å². The van der Waals surface area contributed by atoms with Crippen LogP contribution in [0.15, 0.2) is 24.4 Å². The molecule has 15 heavy (non-hydrogen) atoms. The molecule has 0 aromatic heterocycles. The quantitative estimate of drug-likeness (QED) is 0.356. The molecule has 0 saturated heterocycles. The molecule has 4 nitrogen and oxygen atoms in total. The summed E-state index contributed by atoms with van der Waals surface area (Å²) in [4.78, 5) is 10.8. The van der Waals surface area contributed by atoms with E-state index in [1.807, 2.05) is 6.92 Å². The van der Waals surface area contributed by atoms with Gasteiger partial charge in [0.2, 0.25) is 5.91 Å². The minimum atomic E-state index is -0.132. The molecular weight excluding hydrogens is 192 g/mol. The molecule has 0 aromatic rings. The van der Waals surface area contributed by atoms with Crippen LogP contribution < -0.4 is 10.6 Å². The van der Waals surface area contributed by atoms with Gasteiger partial charge in [0.05, 0.1) is 0 Å². The number of amides is 1. The summed E-state index contributed by atoms with van der Waals surface area (Å²) in [5, 5.41) is 5.57. The lowest BCUT2D eigenvalue weighted by Crippen LogP contribution is -2.17. The molecule has 0 radical (unpaired) electrons. The highest BCUT2D eigenvalue weighted by atomic mass is 16.5. The lowest BCUT2D eigenvalue weighted by molar-refractivity contribution is -0.116. The normalized spacial score (nSPS) is 10.3. The SMILES string of the molecule is C=C(/C=C/C(=O)NC)NCCCOCC. The number of rotatable bonds is 8. The average Bonchev–Trinajstić information content (AvgIpc) is 2.25. The maximum absolute atomic E-state index is 10.8. The van der Waals surface area contributed by atoms with E-state index >= 15 is 0 Å². The molecule has 0 atom stereocenters. The summed E-state index contributed by atoms with van der Waals surface area (Å²) in [6, 6.07) is 0. The van der Waals surface area contributed by atoms with Crippen molar-refractivity contribution in [2.45, 2.75) is 13.3 Å². The number of carbonyl (C=O) groups excluding carboxylic acids is 1. The molecule has 0 aromatic carbocycles. The van der Waals surface area contributed by atoms with Crippen molar-refractivity contribution in [3.8, 4) is 0 Å². The van der Waals surface area contributed by atoms with E-state index in [-0.39, 0.29) is 5.91 Å². The molecule has 0 aliphatic rings. The Kier molecular flexibility index (Phi) is 8.47. The van der Waals surface area contributed by atoms with E-state index < -0.39 is 0 Å². The van der Waals surface area contributed by atoms with Crippen molar-refractivity contribution in [1.29, 1.82) is 0 Å². The molecule has 2 N–H and O–H groups in total. The van der Waals surface area contributed by atoms with Crippen molar-refractivity contribution in [3.63, 3.8) is 0 Å². The molecular formula is C11H20N2O2. The second-order valence-electron chi connectivity index (χ2n) is 2.95. The maximum Gasteiger partial charge on any atom is 0.243 e. The van der Waals surface area contributed by atoms with Crippen LogP contribution in [-0.2, 0) is 9.53 Å². The van der Waals surface area contributed by atoms with Gasteiger partial charge in [-0.3, -0.25) is 4.79 Å². The van der Waals surface area contributed by atoms with Gasteiger partial charge >= 0.3 is 0 Å². The fourth-order valence-corrected chi connectivity index (χ4v) is 0.886. The fourth-order valence-electron chi connectivity index (χ4n) is 0.886. The summed E-state index contributed by atoms with van der Waals surface area (Å²) in [6.07, 6.45) is 4.03. The number of nitrogens with one attached hydrogen (secondary N) is 2. The molecule has 86 valence electrons. The Hall–Kier alpha value is -1.29. The highest BCUT2D eigenvalue weighted by Crippen LogP contribution is 1.88. The van der Waals surface area contributed by atoms with E-state index in [1.54, 1.807) is 13.1 Å². The summed E-state index contributed by atoms with van der Waals surface area (Å²) < 4.78 is 5.18. The number of hydrogen-bond donors (Lipinski definition) is 2. The van der Waals surface area contributed by atoms with Gasteiger partial charge in [-0.25, -0.2) is 0 Å². The highest BCUT2D eigenvalue weighted by molar-refractivity contribution is 5.87. The van der Waals surface area contributed by atoms with Gasteiger partial charge in [0, 0.05) is 38.6 Å². The molecule has 0 bridgehead atoms. The minimum Gasteiger partial charge on any atom is -0.385 e. The third-order valence-electron chi connectivity index (χ3n) is 1.70. The van der Waals surface area contributed by atoms with E-state index in [0.717, 1.165) is 31.9 Å². The van der Waals surface area contributed by atoms with Crippen LogP contribution in [0.3, 0.4) is 0 Å². The predicted octanol–water partition coefficient (Wildman–Crippen LogP) is 0.818. The summed E-state index contributed by atoms with van der Waals surface area (Å²) in [5.74, 6) is -0.132. The van der Waals surface area contributed by atoms with Crippen LogP contribution >= 0.6 is 0 Å². The zero-order valence-corrected chi connectivity index (χ0v) is 9.51. The zero-order chi connectivity index (χ0) is 11.5. The summed E-state index contributed by atoms with van der Waals surface area (Å²) >= 11 is 0. The Morgan fingerprint density at radius 3 is 2.80 bits per heavy atom. The van der Waals surface area contributed by atoms with Crippen LogP contribution in [0.4, 0.5) is 0 Å².